The number of primary amides is 1. The van der Waals surface area contributed by atoms with Gasteiger partial charge < -0.3 is 15.4 Å². The zero-order valence-electron chi connectivity index (χ0n) is 14.2. The Balaban J connectivity index is 2.33. The van der Waals surface area contributed by atoms with Crippen molar-refractivity contribution in [3.05, 3.63) is 29.3 Å². The molecule has 0 bridgehead atoms. The van der Waals surface area contributed by atoms with Crippen LogP contribution in [0.5, 0.6) is 0 Å². The summed E-state index contributed by atoms with van der Waals surface area (Å²) in [6, 6.07) is 5.70. The smallest absolute Gasteiger partial charge is 0.339 e. The van der Waals surface area contributed by atoms with E-state index in [1.807, 2.05) is 26.0 Å². The van der Waals surface area contributed by atoms with Crippen LogP contribution in [0.25, 0.3) is 0 Å². The van der Waals surface area contributed by atoms with Crippen molar-refractivity contribution >= 4 is 17.6 Å². The first-order valence-corrected chi connectivity index (χ1v) is 8.19. The first-order chi connectivity index (χ1) is 10.9. The summed E-state index contributed by atoms with van der Waals surface area (Å²) in [7, 11) is 1.39. The monoisotopic (exact) mass is 318 g/mol. The van der Waals surface area contributed by atoms with E-state index in [0.717, 1.165) is 37.2 Å². The van der Waals surface area contributed by atoms with Gasteiger partial charge in [-0.15, -0.1) is 0 Å². The summed E-state index contributed by atoms with van der Waals surface area (Å²) in [5, 5.41) is 0. The normalized spacial score (nSPS) is 15.7. The van der Waals surface area contributed by atoms with Crippen LogP contribution in [0.2, 0.25) is 0 Å². The predicted molar refractivity (Wildman–Crippen MR) is 90.5 cm³/mol. The summed E-state index contributed by atoms with van der Waals surface area (Å²) >= 11 is 0. The van der Waals surface area contributed by atoms with Crippen LogP contribution in [-0.2, 0) is 16.0 Å². The van der Waals surface area contributed by atoms with Crippen molar-refractivity contribution in [1.29, 1.82) is 0 Å². The van der Waals surface area contributed by atoms with Gasteiger partial charge in [-0.3, -0.25) is 4.79 Å². The maximum atomic E-state index is 12.0. The van der Waals surface area contributed by atoms with Gasteiger partial charge in [-0.2, -0.15) is 0 Å². The number of hydrogen-bond donors (Lipinski definition) is 1. The zero-order chi connectivity index (χ0) is 17.0. The third-order valence-electron chi connectivity index (χ3n) is 4.54. The molecule has 1 unspecified atom stereocenters. The van der Waals surface area contributed by atoms with E-state index in [4.69, 9.17) is 10.5 Å². The molecule has 2 rings (SSSR count). The van der Waals surface area contributed by atoms with Gasteiger partial charge in [0.2, 0.25) is 5.91 Å². The number of methoxy groups -OCH3 is 1. The number of carbonyl (C=O) groups excluding carboxylic acids is 2. The molecule has 5 nitrogen and oxygen atoms in total. The molecule has 0 spiro atoms. The van der Waals surface area contributed by atoms with Crippen LogP contribution in [0.1, 0.15) is 42.6 Å². The zero-order valence-corrected chi connectivity index (χ0v) is 14.2. The lowest BCUT2D eigenvalue weighted by Gasteiger charge is -2.23. The van der Waals surface area contributed by atoms with Gasteiger partial charge in [0.05, 0.1) is 18.4 Å². The molecule has 1 aromatic carbocycles. The maximum absolute atomic E-state index is 12.0. The van der Waals surface area contributed by atoms with Gasteiger partial charge in [-0.1, -0.05) is 19.9 Å². The van der Waals surface area contributed by atoms with Crippen molar-refractivity contribution in [1.82, 2.24) is 0 Å². The van der Waals surface area contributed by atoms with Gasteiger partial charge in [0, 0.05) is 19.0 Å². The minimum absolute atomic E-state index is 0.183. The highest BCUT2D eigenvalue weighted by atomic mass is 16.5. The van der Waals surface area contributed by atoms with Gasteiger partial charge in [0.1, 0.15) is 0 Å². The summed E-state index contributed by atoms with van der Waals surface area (Å²) in [5.41, 5.74) is 8.03. The fraction of sp³-hybridized carbons (Fsp3) is 0.556. The summed E-state index contributed by atoms with van der Waals surface area (Å²) < 4.78 is 4.89. The molecule has 0 saturated carbocycles. The number of nitrogens with zero attached hydrogens (tertiary/aromatic N) is 1. The van der Waals surface area contributed by atoms with Gasteiger partial charge in [-0.25, -0.2) is 4.79 Å². The van der Waals surface area contributed by atoms with Gasteiger partial charge in [-0.05, 0) is 42.9 Å². The largest absolute Gasteiger partial charge is 0.465 e. The number of amides is 1. The van der Waals surface area contributed by atoms with E-state index < -0.39 is 0 Å². The second-order valence-corrected chi connectivity index (χ2v) is 6.49. The second-order valence-electron chi connectivity index (χ2n) is 6.49. The predicted octanol–water partition coefficient (Wildman–Crippen LogP) is 2.37. The average molecular weight is 318 g/mol. The van der Waals surface area contributed by atoms with E-state index in [2.05, 4.69) is 4.90 Å². The number of esters is 1. The standard InChI is InChI=1S/C18H26N2O3/c1-12(2)15(17(19)21)10-13-6-7-14(18(22)23-3)16(11-13)20-8-4-5-9-20/h6-7,11-12,15H,4-5,8-10H2,1-3H3,(H2,19,21). The van der Waals surface area contributed by atoms with Crippen molar-refractivity contribution in [2.24, 2.45) is 17.6 Å². The fourth-order valence-corrected chi connectivity index (χ4v) is 3.13. The van der Waals surface area contributed by atoms with Gasteiger partial charge in [0.25, 0.3) is 0 Å². The second kappa shape index (κ2) is 7.49. The van der Waals surface area contributed by atoms with Crippen LogP contribution in [0, 0.1) is 11.8 Å². The first-order valence-electron chi connectivity index (χ1n) is 8.19. The highest BCUT2D eigenvalue weighted by molar-refractivity contribution is 5.96. The topological polar surface area (TPSA) is 72.6 Å². The van der Waals surface area contributed by atoms with Crippen molar-refractivity contribution in [3.63, 3.8) is 0 Å². The molecular formula is C18H26N2O3. The van der Waals surface area contributed by atoms with E-state index in [0.29, 0.717) is 12.0 Å². The van der Waals surface area contributed by atoms with E-state index in [-0.39, 0.29) is 23.7 Å². The third-order valence-corrected chi connectivity index (χ3v) is 4.54. The molecule has 1 saturated heterocycles. The summed E-state index contributed by atoms with van der Waals surface area (Å²) in [4.78, 5) is 25.9. The molecule has 1 heterocycles. The molecule has 0 aromatic heterocycles. The maximum Gasteiger partial charge on any atom is 0.339 e. The lowest BCUT2D eigenvalue weighted by atomic mass is 9.88. The summed E-state index contributed by atoms with van der Waals surface area (Å²) in [5.74, 6) is -0.623. The molecule has 2 N–H and O–H groups in total. The van der Waals surface area contributed by atoms with Crippen LogP contribution in [0.3, 0.4) is 0 Å². The van der Waals surface area contributed by atoms with Crippen LogP contribution in [-0.4, -0.2) is 32.1 Å². The lowest BCUT2D eigenvalue weighted by Crippen LogP contribution is -2.29. The Morgan fingerprint density at radius 3 is 2.43 bits per heavy atom. The van der Waals surface area contributed by atoms with E-state index in [1.54, 1.807) is 6.07 Å². The van der Waals surface area contributed by atoms with E-state index >= 15 is 0 Å². The highest BCUT2D eigenvalue weighted by Gasteiger charge is 2.23. The van der Waals surface area contributed by atoms with Crippen LogP contribution >= 0.6 is 0 Å². The molecule has 1 aliphatic heterocycles. The molecule has 126 valence electrons. The minimum Gasteiger partial charge on any atom is -0.465 e. The molecule has 1 amide bonds. The van der Waals surface area contributed by atoms with Crippen LogP contribution in [0.4, 0.5) is 5.69 Å². The number of benzene rings is 1. The Morgan fingerprint density at radius 1 is 1.26 bits per heavy atom. The van der Waals surface area contributed by atoms with E-state index in [9.17, 15) is 9.59 Å². The van der Waals surface area contributed by atoms with Crippen molar-refractivity contribution < 1.29 is 14.3 Å². The molecule has 23 heavy (non-hydrogen) atoms. The number of ether oxygens (including phenoxy) is 1. The van der Waals surface area contributed by atoms with Crippen LogP contribution in [0.15, 0.2) is 18.2 Å². The first kappa shape index (κ1) is 17.3. The van der Waals surface area contributed by atoms with Gasteiger partial charge >= 0.3 is 5.97 Å². The Hall–Kier alpha value is -2.04. The Morgan fingerprint density at radius 2 is 1.91 bits per heavy atom. The molecule has 5 heteroatoms. The van der Waals surface area contributed by atoms with E-state index in [1.165, 1.54) is 7.11 Å². The summed E-state index contributed by atoms with van der Waals surface area (Å²) in [6.45, 7) is 5.88. The van der Waals surface area contributed by atoms with Gasteiger partial charge in [0.15, 0.2) is 0 Å². The summed E-state index contributed by atoms with van der Waals surface area (Å²) in [6.07, 6.45) is 2.84. The minimum atomic E-state index is -0.325. The molecule has 0 radical (unpaired) electrons. The SMILES string of the molecule is COC(=O)c1ccc(CC(C(N)=O)C(C)C)cc1N1CCCC1. The third kappa shape index (κ3) is 4.03. The number of carbonyl (C=O) groups is 2. The lowest BCUT2D eigenvalue weighted by molar-refractivity contribution is -0.123. The Labute approximate surface area is 137 Å². The highest BCUT2D eigenvalue weighted by Crippen LogP contribution is 2.28. The number of hydrogen-bond acceptors (Lipinski definition) is 4. The Bertz CT molecular complexity index is 578. The van der Waals surface area contributed by atoms with Crippen LogP contribution < -0.4 is 10.6 Å². The average Bonchev–Trinajstić information content (AvgIpc) is 3.05. The number of anilines is 1. The quantitative estimate of drug-likeness (QED) is 0.817. The molecule has 1 aromatic rings. The fourth-order valence-electron chi connectivity index (χ4n) is 3.13. The molecule has 1 aliphatic rings. The Kier molecular flexibility index (Phi) is 5.64. The number of rotatable bonds is 6. The van der Waals surface area contributed by atoms with Crippen molar-refractivity contribution in [2.75, 3.05) is 25.1 Å². The van der Waals surface area contributed by atoms with Crippen molar-refractivity contribution in [3.8, 4) is 0 Å². The molecule has 1 atom stereocenters. The molecule has 1 fully saturated rings. The van der Waals surface area contributed by atoms with Crippen molar-refractivity contribution in [2.45, 2.75) is 33.1 Å². The molecular weight excluding hydrogens is 292 g/mol. The molecule has 0 aliphatic carbocycles. The number of nitrogens with two attached hydrogens (primary N) is 1.